The van der Waals surface area contributed by atoms with Crippen LogP contribution in [-0.4, -0.2) is 17.2 Å². The van der Waals surface area contributed by atoms with Gasteiger partial charge in [0.15, 0.2) is 0 Å². The molecule has 0 radical (unpaired) electrons. The second kappa shape index (κ2) is 6.01. The summed E-state index contributed by atoms with van der Waals surface area (Å²) in [5, 5.41) is 2.58. The van der Waals surface area contributed by atoms with Crippen molar-refractivity contribution in [3.63, 3.8) is 0 Å². The maximum atomic E-state index is 12.0. The monoisotopic (exact) mass is 265 g/mol. The van der Waals surface area contributed by atoms with Gasteiger partial charge in [0, 0.05) is 11.6 Å². The van der Waals surface area contributed by atoms with E-state index < -0.39 is 0 Å². The van der Waals surface area contributed by atoms with Crippen LogP contribution in [0.2, 0.25) is 0 Å². The minimum atomic E-state index is -0.340. The molecule has 1 amide bonds. The fourth-order valence-corrected chi connectivity index (χ4v) is 2.68. The molecule has 1 N–H and O–H groups in total. The maximum Gasteiger partial charge on any atom is 0.251 e. The van der Waals surface area contributed by atoms with Crippen LogP contribution in [-0.2, 0) is 4.79 Å². The van der Waals surface area contributed by atoms with Gasteiger partial charge in [-0.15, -0.1) is 0 Å². The van der Waals surface area contributed by atoms with E-state index >= 15 is 0 Å². The minimum absolute atomic E-state index is 0.128. The first-order chi connectivity index (χ1) is 8.68. The number of halogens is 1. The van der Waals surface area contributed by atoms with Crippen LogP contribution in [0.1, 0.15) is 36.0 Å². The zero-order valence-corrected chi connectivity index (χ0v) is 10.8. The van der Waals surface area contributed by atoms with Gasteiger partial charge in [0.05, 0.1) is 5.92 Å². The molecule has 96 valence electrons. The van der Waals surface area contributed by atoms with Crippen LogP contribution >= 0.6 is 11.6 Å². The largest absolute Gasteiger partial charge is 0.349 e. The van der Waals surface area contributed by atoms with E-state index in [0.717, 1.165) is 25.7 Å². The van der Waals surface area contributed by atoms with E-state index in [1.165, 1.54) is 0 Å². The number of rotatable bonds is 3. The number of nitrogens with one attached hydrogen (secondary N) is 1. The summed E-state index contributed by atoms with van der Waals surface area (Å²) in [5.74, 6) is -0.376. The number of hydrogen-bond donors (Lipinski definition) is 1. The first-order valence-corrected chi connectivity index (χ1v) is 6.61. The average Bonchev–Trinajstić information content (AvgIpc) is 2.40. The molecule has 0 spiro atoms. The van der Waals surface area contributed by atoms with Gasteiger partial charge in [0.1, 0.15) is 0 Å². The van der Waals surface area contributed by atoms with Gasteiger partial charge in [-0.3, -0.25) is 9.59 Å². The molecule has 1 aliphatic carbocycles. The number of benzene rings is 1. The molecule has 4 heteroatoms. The van der Waals surface area contributed by atoms with E-state index in [1.54, 1.807) is 12.1 Å². The van der Waals surface area contributed by atoms with E-state index in [0.29, 0.717) is 5.56 Å². The van der Waals surface area contributed by atoms with Crippen LogP contribution in [0, 0.1) is 5.92 Å². The molecular formula is C14H16ClNO2. The molecule has 0 heterocycles. The van der Waals surface area contributed by atoms with E-state index in [9.17, 15) is 9.59 Å². The third-order valence-electron chi connectivity index (χ3n) is 3.41. The Morgan fingerprint density at radius 3 is 2.44 bits per heavy atom. The van der Waals surface area contributed by atoms with Crippen molar-refractivity contribution >= 4 is 22.8 Å². The van der Waals surface area contributed by atoms with Crippen LogP contribution in [0.3, 0.4) is 0 Å². The van der Waals surface area contributed by atoms with E-state index in [2.05, 4.69) is 5.32 Å². The first-order valence-electron chi connectivity index (χ1n) is 6.24. The summed E-state index contributed by atoms with van der Waals surface area (Å²) in [6.07, 6.45) is 3.62. The van der Waals surface area contributed by atoms with Crippen LogP contribution in [0.5, 0.6) is 0 Å². The molecule has 2 atom stereocenters. The highest BCUT2D eigenvalue weighted by Gasteiger charge is 2.31. The quantitative estimate of drug-likeness (QED) is 0.854. The van der Waals surface area contributed by atoms with E-state index in [-0.39, 0.29) is 23.1 Å². The van der Waals surface area contributed by atoms with Crippen LogP contribution in [0.15, 0.2) is 30.3 Å². The van der Waals surface area contributed by atoms with Crippen LogP contribution < -0.4 is 5.32 Å². The molecule has 0 aliphatic heterocycles. The predicted octanol–water partition coefficient (Wildman–Crippen LogP) is 2.74. The Morgan fingerprint density at radius 1 is 1.11 bits per heavy atom. The predicted molar refractivity (Wildman–Crippen MR) is 70.5 cm³/mol. The lowest BCUT2D eigenvalue weighted by atomic mass is 9.85. The summed E-state index contributed by atoms with van der Waals surface area (Å²) < 4.78 is 0. The highest BCUT2D eigenvalue weighted by atomic mass is 35.5. The second-order valence-corrected chi connectivity index (χ2v) is 5.01. The summed E-state index contributed by atoms with van der Waals surface area (Å²) in [6, 6.07) is 8.89. The van der Waals surface area contributed by atoms with Crippen LogP contribution in [0.25, 0.3) is 0 Å². The summed E-state index contributed by atoms with van der Waals surface area (Å²) in [6.45, 7) is 0. The topological polar surface area (TPSA) is 46.2 Å². The summed E-state index contributed by atoms with van der Waals surface area (Å²) >= 11 is 5.59. The Balaban J connectivity index is 2.03. The standard InChI is InChI=1S/C14H16ClNO2/c15-13(17)11-8-4-5-9-12(11)16-14(18)10-6-2-1-3-7-10/h1-3,6-7,11-12H,4-5,8-9H2,(H,16,18)/t11-,12+/m1/s1. The second-order valence-electron chi connectivity index (χ2n) is 4.64. The Kier molecular flexibility index (Phi) is 4.37. The van der Waals surface area contributed by atoms with Gasteiger partial charge in [0.25, 0.3) is 5.91 Å². The number of hydrogen-bond acceptors (Lipinski definition) is 2. The number of carbonyl (C=O) groups is 2. The fraction of sp³-hybridized carbons (Fsp3) is 0.429. The molecule has 1 aromatic carbocycles. The van der Waals surface area contributed by atoms with Crippen molar-refractivity contribution < 1.29 is 9.59 Å². The van der Waals surface area contributed by atoms with Gasteiger partial charge in [-0.2, -0.15) is 0 Å². The molecule has 18 heavy (non-hydrogen) atoms. The van der Waals surface area contributed by atoms with Crippen molar-refractivity contribution in [2.24, 2.45) is 5.92 Å². The smallest absolute Gasteiger partial charge is 0.251 e. The third kappa shape index (κ3) is 3.10. The van der Waals surface area contributed by atoms with Crippen molar-refractivity contribution in [3.8, 4) is 0 Å². The molecule has 1 aliphatic rings. The molecular weight excluding hydrogens is 250 g/mol. The molecule has 0 saturated heterocycles. The van der Waals surface area contributed by atoms with Crippen molar-refractivity contribution in [2.45, 2.75) is 31.7 Å². The lowest BCUT2D eigenvalue weighted by Crippen LogP contribution is -2.44. The van der Waals surface area contributed by atoms with Crippen molar-refractivity contribution in [3.05, 3.63) is 35.9 Å². The fourth-order valence-electron chi connectivity index (χ4n) is 2.42. The molecule has 0 bridgehead atoms. The van der Waals surface area contributed by atoms with E-state index in [1.807, 2.05) is 18.2 Å². The van der Waals surface area contributed by atoms with Crippen LogP contribution in [0.4, 0.5) is 0 Å². The SMILES string of the molecule is O=C(N[C@H]1CCCC[C@H]1C(=O)Cl)c1ccccc1. The highest BCUT2D eigenvalue weighted by Crippen LogP contribution is 2.26. The van der Waals surface area contributed by atoms with Crippen molar-refractivity contribution in [1.29, 1.82) is 0 Å². The minimum Gasteiger partial charge on any atom is -0.349 e. The molecule has 0 aromatic heterocycles. The van der Waals surface area contributed by atoms with E-state index in [4.69, 9.17) is 11.6 Å². The Morgan fingerprint density at radius 2 is 1.78 bits per heavy atom. The lowest BCUT2D eigenvalue weighted by Gasteiger charge is -2.29. The van der Waals surface area contributed by atoms with Gasteiger partial charge < -0.3 is 5.32 Å². The molecule has 0 unspecified atom stereocenters. The Bertz CT molecular complexity index is 433. The van der Waals surface area contributed by atoms with Crippen molar-refractivity contribution in [2.75, 3.05) is 0 Å². The number of amides is 1. The third-order valence-corrected chi connectivity index (χ3v) is 3.69. The van der Waals surface area contributed by atoms with Gasteiger partial charge in [-0.05, 0) is 36.6 Å². The molecule has 2 rings (SSSR count). The van der Waals surface area contributed by atoms with Gasteiger partial charge in [-0.25, -0.2) is 0 Å². The molecule has 3 nitrogen and oxygen atoms in total. The average molecular weight is 266 g/mol. The van der Waals surface area contributed by atoms with Gasteiger partial charge >= 0.3 is 0 Å². The Labute approximate surface area is 112 Å². The molecule has 1 fully saturated rings. The van der Waals surface area contributed by atoms with Crippen molar-refractivity contribution in [1.82, 2.24) is 5.32 Å². The molecule has 1 saturated carbocycles. The van der Waals surface area contributed by atoms with Gasteiger partial charge in [0.2, 0.25) is 5.24 Å². The first kappa shape index (κ1) is 13.1. The summed E-state index contributed by atoms with van der Waals surface area (Å²) in [7, 11) is 0. The maximum absolute atomic E-state index is 12.0. The normalized spacial score (nSPS) is 23.4. The number of carbonyl (C=O) groups excluding carboxylic acids is 2. The summed E-state index contributed by atoms with van der Waals surface area (Å²) in [5.41, 5.74) is 0.615. The zero-order valence-electron chi connectivity index (χ0n) is 10.1. The highest BCUT2D eigenvalue weighted by molar-refractivity contribution is 6.64. The summed E-state index contributed by atoms with van der Waals surface area (Å²) in [4.78, 5) is 23.4. The molecule has 1 aromatic rings. The zero-order chi connectivity index (χ0) is 13.0. The Hall–Kier alpha value is -1.35. The van der Waals surface area contributed by atoms with Gasteiger partial charge in [-0.1, -0.05) is 31.0 Å². The lowest BCUT2D eigenvalue weighted by molar-refractivity contribution is -0.116.